The molecule has 0 aliphatic rings. The summed E-state index contributed by atoms with van der Waals surface area (Å²) in [4.78, 5) is 22.0. The Bertz CT molecular complexity index is 1140. The number of benzene rings is 3. The van der Waals surface area contributed by atoms with Crippen molar-refractivity contribution in [3.05, 3.63) is 99.1 Å². The smallest absolute Gasteiger partial charge is 0.346 e. The third-order valence-electron chi connectivity index (χ3n) is 3.75. The normalized spacial score (nSPS) is 11.0. The van der Waals surface area contributed by atoms with Crippen LogP contribution in [-0.4, -0.2) is 19.1 Å². The fraction of sp³-hybridized carbons (Fsp3) is 0. The lowest BCUT2D eigenvalue weighted by Crippen LogP contribution is -2.12. The molecule has 9 heteroatoms. The highest BCUT2D eigenvalue weighted by molar-refractivity contribution is 7.87. The molecule has 0 radical (unpaired) electrons. The number of hydrogen-bond acceptors (Lipinski definition) is 6. The Labute approximate surface area is 165 Å². The van der Waals surface area contributed by atoms with E-state index in [1.165, 1.54) is 30.3 Å². The monoisotopic (exact) mass is 417 g/mol. The molecule has 3 aromatic rings. The van der Waals surface area contributed by atoms with E-state index in [9.17, 15) is 23.3 Å². The average Bonchev–Trinajstić information content (AvgIpc) is 2.68. The van der Waals surface area contributed by atoms with Crippen LogP contribution in [0.25, 0.3) is 0 Å². The van der Waals surface area contributed by atoms with Gasteiger partial charge in [-0.25, -0.2) is 0 Å². The topological polar surface area (TPSA) is 104 Å². The largest absolute Gasteiger partial charge is 0.379 e. The van der Waals surface area contributed by atoms with E-state index in [0.717, 1.165) is 12.1 Å². The van der Waals surface area contributed by atoms with Gasteiger partial charge in [-0.3, -0.25) is 14.9 Å². The molecule has 3 rings (SSSR count). The number of nitro benzene ring substituents is 1. The van der Waals surface area contributed by atoms with Crippen LogP contribution in [0.4, 0.5) is 5.69 Å². The summed E-state index contributed by atoms with van der Waals surface area (Å²) >= 11 is 5.76. The van der Waals surface area contributed by atoms with Gasteiger partial charge in [-0.2, -0.15) is 8.42 Å². The predicted octanol–water partition coefficient (Wildman–Crippen LogP) is 4.25. The number of rotatable bonds is 6. The van der Waals surface area contributed by atoms with Gasteiger partial charge in [0.1, 0.15) is 5.75 Å². The van der Waals surface area contributed by atoms with Gasteiger partial charge in [0, 0.05) is 22.2 Å². The first-order chi connectivity index (χ1) is 13.3. The van der Waals surface area contributed by atoms with E-state index >= 15 is 0 Å². The highest BCUT2D eigenvalue weighted by atomic mass is 35.5. The SMILES string of the molecule is O=C(c1ccccc1)c1ccc(OS(=O)(=O)c2cc(Cl)ccc2[N+](=O)[O-])cc1. The minimum atomic E-state index is -4.51. The van der Waals surface area contributed by atoms with E-state index in [1.54, 1.807) is 30.3 Å². The minimum absolute atomic E-state index is 0.0107. The number of hydrogen-bond donors (Lipinski definition) is 0. The molecular weight excluding hydrogens is 406 g/mol. The Balaban J connectivity index is 1.87. The van der Waals surface area contributed by atoms with Gasteiger partial charge in [0.2, 0.25) is 0 Å². The Hall–Kier alpha value is -3.23. The van der Waals surface area contributed by atoms with Crippen molar-refractivity contribution in [3.63, 3.8) is 0 Å². The molecule has 0 N–H and O–H groups in total. The molecule has 3 aromatic carbocycles. The lowest BCUT2D eigenvalue weighted by atomic mass is 10.0. The summed E-state index contributed by atoms with van der Waals surface area (Å²) in [7, 11) is -4.51. The van der Waals surface area contributed by atoms with E-state index < -0.39 is 25.6 Å². The maximum absolute atomic E-state index is 12.5. The van der Waals surface area contributed by atoms with Crippen molar-refractivity contribution in [3.8, 4) is 5.75 Å². The first kappa shape index (κ1) is 19.5. The van der Waals surface area contributed by atoms with Crippen LogP contribution in [0.5, 0.6) is 5.75 Å². The summed E-state index contributed by atoms with van der Waals surface area (Å²) in [6.07, 6.45) is 0. The highest BCUT2D eigenvalue weighted by Gasteiger charge is 2.28. The molecular formula is C19H12ClNO6S. The first-order valence-electron chi connectivity index (χ1n) is 7.86. The van der Waals surface area contributed by atoms with Crippen LogP contribution < -0.4 is 4.18 Å². The number of halogens is 1. The Morgan fingerprint density at radius 3 is 2.14 bits per heavy atom. The first-order valence-corrected chi connectivity index (χ1v) is 9.65. The maximum Gasteiger partial charge on any atom is 0.346 e. The molecule has 0 saturated carbocycles. The number of carbonyl (C=O) groups excluding carboxylic acids is 1. The second-order valence-corrected chi connectivity index (χ2v) is 7.58. The summed E-state index contributed by atoms with van der Waals surface area (Å²) in [5.41, 5.74) is 0.170. The third kappa shape index (κ3) is 4.19. The van der Waals surface area contributed by atoms with E-state index in [1.807, 2.05) is 0 Å². The second-order valence-electron chi connectivity index (χ2n) is 5.63. The molecule has 7 nitrogen and oxygen atoms in total. The number of nitrogens with zero attached hydrogens (tertiary/aromatic N) is 1. The van der Waals surface area contributed by atoms with Gasteiger partial charge in [-0.15, -0.1) is 0 Å². The second kappa shape index (κ2) is 7.79. The fourth-order valence-corrected chi connectivity index (χ4v) is 3.79. The number of nitro groups is 1. The maximum atomic E-state index is 12.5. The Kier molecular flexibility index (Phi) is 5.43. The van der Waals surface area contributed by atoms with Crippen molar-refractivity contribution in [2.45, 2.75) is 4.90 Å². The van der Waals surface area contributed by atoms with Gasteiger partial charge >= 0.3 is 10.1 Å². The molecule has 142 valence electrons. The molecule has 0 unspecified atom stereocenters. The van der Waals surface area contributed by atoms with Crippen LogP contribution in [0.15, 0.2) is 77.7 Å². The van der Waals surface area contributed by atoms with E-state index in [2.05, 4.69) is 0 Å². The van der Waals surface area contributed by atoms with E-state index in [-0.39, 0.29) is 16.6 Å². The lowest BCUT2D eigenvalue weighted by Gasteiger charge is -2.08. The van der Waals surface area contributed by atoms with E-state index in [0.29, 0.717) is 11.1 Å². The number of ketones is 1. The molecule has 0 aliphatic heterocycles. The molecule has 0 saturated heterocycles. The van der Waals surface area contributed by atoms with Gasteiger partial charge in [0.15, 0.2) is 10.7 Å². The van der Waals surface area contributed by atoms with E-state index in [4.69, 9.17) is 15.8 Å². The van der Waals surface area contributed by atoms with Crippen LogP contribution in [0.2, 0.25) is 5.02 Å². The van der Waals surface area contributed by atoms with Crippen molar-refractivity contribution in [2.24, 2.45) is 0 Å². The molecule has 0 heterocycles. The fourth-order valence-electron chi connectivity index (χ4n) is 2.43. The van der Waals surface area contributed by atoms with Crippen LogP contribution in [0, 0.1) is 10.1 Å². The van der Waals surface area contributed by atoms with Gasteiger partial charge in [-0.05, 0) is 36.4 Å². The Morgan fingerprint density at radius 2 is 1.54 bits per heavy atom. The van der Waals surface area contributed by atoms with Crippen LogP contribution >= 0.6 is 11.6 Å². The van der Waals surface area contributed by atoms with Crippen molar-refractivity contribution >= 4 is 33.2 Å². The molecule has 0 aromatic heterocycles. The van der Waals surface area contributed by atoms with Crippen LogP contribution in [-0.2, 0) is 10.1 Å². The van der Waals surface area contributed by atoms with Crippen molar-refractivity contribution in [1.82, 2.24) is 0 Å². The molecule has 0 aliphatic carbocycles. The summed E-state index contributed by atoms with van der Waals surface area (Å²) in [6.45, 7) is 0. The van der Waals surface area contributed by atoms with Crippen LogP contribution in [0.3, 0.4) is 0 Å². The van der Waals surface area contributed by atoms with Gasteiger partial charge in [-0.1, -0.05) is 41.9 Å². The molecule has 28 heavy (non-hydrogen) atoms. The predicted molar refractivity (Wildman–Crippen MR) is 102 cm³/mol. The molecule has 0 amide bonds. The van der Waals surface area contributed by atoms with Gasteiger partial charge < -0.3 is 4.18 Å². The Morgan fingerprint density at radius 1 is 0.929 bits per heavy atom. The van der Waals surface area contributed by atoms with Crippen molar-refractivity contribution in [2.75, 3.05) is 0 Å². The molecule has 0 atom stereocenters. The van der Waals surface area contributed by atoms with Crippen molar-refractivity contribution in [1.29, 1.82) is 0 Å². The lowest BCUT2D eigenvalue weighted by molar-refractivity contribution is -0.387. The van der Waals surface area contributed by atoms with Crippen LogP contribution in [0.1, 0.15) is 15.9 Å². The summed E-state index contributed by atoms with van der Waals surface area (Å²) in [5.74, 6) is -0.334. The zero-order chi connectivity index (χ0) is 20.3. The average molecular weight is 418 g/mol. The number of carbonyl (C=O) groups is 1. The van der Waals surface area contributed by atoms with Gasteiger partial charge in [0.25, 0.3) is 5.69 Å². The highest BCUT2D eigenvalue weighted by Crippen LogP contribution is 2.29. The van der Waals surface area contributed by atoms with Crippen molar-refractivity contribution < 1.29 is 22.3 Å². The molecule has 0 bridgehead atoms. The zero-order valence-electron chi connectivity index (χ0n) is 14.1. The summed E-state index contributed by atoms with van der Waals surface area (Å²) in [6, 6.07) is 17.1. The zero-order valence-corrected chi connectivity index (χ0v) is 15.7. The molecule has 0 fully saturated rings. The van der Waals surface area contributed by atoms with Gasteiger partial charge in [0.05, 0.1) is 4.92 Å². The standard InChI is InChI=1S/C19H12ClNO6S/c20-15-8-11-17(21(23)24)18(12-15)28(25,26)27-16-9-6-14(7-10-16)19(22)13-4-2-1-3-5-13/h1-12H. The summed E-state index contributed by atoms with van der Waals surface area (Å²) in [5, 5.41) is 11.1. The minimum Gasteiger partial charge on any atom is -0.379 e. The molecule has 0 spiro atoms. The quantitative estimate of drug-likeness (QED) is 0.257. The summed E-state index contributed by atoms with van der Waals surface area (Å²) < 4.78 is 29.9. The third-order valence-corrected chi connectivity index (χ3v) is 5.26.